The number of rotatable bonds is 5. The number of nitrogens with zero attached hydrogens (tertiary/aromatic N) is 2. The van der Waals surface area contributed by atoms with Gasteiger partial charge in [-0.05, 0) is 117 Å². The molecule has 13 rings (SSSR count). The van der Waals surface area contributed by atoms with Gasteiger partial charge in [0.1, 0.15) is 11.5 Å². The fraction of sp³-hybridized carbons (Fsp3) is 0.0169. The highest BCUT2D eigenvalue weighted by Crippen LogP contribution is 2.63. The Morgan fingerprint density at radius 3 is 1.73 bits per heavy atom. The first-order valence-electron chi connectivity index (χ1n) is 21.3. The van der Waals surface area contributed by atoms with Crippen molar-refractivity contribution in [2.24, 2.45) is 0 Å². The van der Waals surface area contributed by atoms with Gasteiger partial charge in [0, 0.05) is 44.6 Å². The van der Waals surface area contributed by atoms with E-state index in [1.807, 2.05) is 0 Å². The van der Waals surface area contributed by atoms with E-state index in [-0.39, 0.29) is 0 Å². The van der Waals surface area contributed by atoms with Crippen molar-refractivity contribution in [2.75, 3.05) is 4.90 Å². The highest BCUT2D eigenvalue weighted by atomic mass is 16.5. The molecule has 0 atom stereocenters. The van der Waals surface area contributed by atoms with Crippen LogP contribution in [-0.4, -0.2) is 4.57 Å². The maximum atomic E-state index is 6.74. The quantitative estimate of drug-likeness (QED) is 0.173. The number of aromatic nitrogens is 1. The lowest BCUT2D eigenvalue weighted by Gasteiger charge is -2.39. The van der Waals surface area contributed by atoms with Gasteiger partial charge in [0.25, 0.3) is 0 Å². The van der Waals surface area contributed by atoms with E-state index < -0.39 is 5.41 Å². The smallest absolute Gasteiger partial charge is 0.132 e. The molecular weight excluding hydrogens is 753 g/mol. The predicted molar refractivity (Wildman–Crippen MR) is 256 cm³/mol. The molecule has 0 unspecified atom stereocenters. The van der Waals surface area contributed by atoms with Crippen LogP contribution in [0.4, 0.5) is 17.1 Å². The Morgan fingerprint density at radius 1 is 0.371 bits per heavy atom. The first kappa shape index (κ1) is 34.7. The van der Waals surface area contributed by atoms with Crippen LogP contribution in [0.2, 0.25) is 0 Å². The Morgan fingerprint density at radius 2 is 0.952 bits per heavy atom. The number of benzene rings is 10. The molecule has 0 radical (unpaired) electrons. The van der Waals surface area contributed by atoms with E-state index >= 15 is 0 Å². The van der Waals surface area contributed by atoms with Crippen LogP contribution in [0, 0.1) is 0 Å². The molecule has 3 nitrogen and oxygen atoms in total. The van der Waals surface area contributed by atoms with Gasteiger partial charge in [-0.25, -0.2) is 0 Å². The molecule has 3 heteroatoms. The summed E-state index contributed by atoms with van der Waals surface area (Å²) in [6, 6.07) is 84.0. The zero-order chi connectivity index (χ0) is 40.8. The van der Waals surface area contributed by atoms with Crippen LogP contribution in [0.3, 0.4) is 0 Å². The number of hydrogen-bond acceptors (Lipinski definition) is 2. The van der Waals surface area contributed by atoms with Crippen molar-refractivity contribution in [3.63, 3.8) is 0 Å². The maximum absolute atomic E-state index is 6.74. The van der Waals surface area contributed by atoms with Gasteiger partial charge in [-0.3, -0.25) is 0 Å². The van der Waals surface area contributed by atoms with E-state index in [0.717, 1.165) is 45.4 Å². The van der Waals surface area contributed by atoms with Gasteiger partial charge in [-0.1, -0.05) is 158 Å². The molecule has 0 saturated heterocycles. The molecule has 1 aromatic heterocycles. The van der Waals surface area contributed by atoms with Crippen LogP contribution in [0.1, 0.15) is 22.3 Å². The Hall–Kier alpha value is -8.14. The van der Waals surface area contributed by atoms with E-state index in [4.69, 9.17) is 4.74 Å². The number of hydrogen-bond donors (Lipinski definition) is 0. The zero-order valence-electron chi connectivity index (χ0n) is 33.7. The first-order chi connectivity index (χ1) is 30.8. The standard InChI is InChI=1S/C59H38N2O/c1-3-15-39(16-4-1)40-27-30-43(31-28-40)60(44-33-36-55-49(37-44)47-21-9-12-24-54(47)61(55)42-18-5-2-6-19-42)45-32-34-48-53(38-45)59(52-35-29-41-17-7-8-20-46(41)58(48)52)50-22-10-13-25-56(50)62-57-26-14-11-23-51(57)59/h1-38H. The third-order valence-corrected chi connectivity index (χ3v) is 13.2. The minimum atomic E-state index is -0.619. The Labute approximate surface area is 360 Å². The predicted octanol–water partition coefficient (Wildman–Crippen LogP) is 15.5. The molecule has 11 aromatic rings. The summed E-state index contributed by atoms with van der Waals surface area (Å²) in [6.45, 7) is 0. The molecule has 1 spiro atoms. The average molecular weight is 791 g/mol. The molecule has 2 heterocycles. The molecule has 290 valence electrons. The second-order valence-corrected chi connectivity index (χ2v) is 16.4. The molecule has 0 fully saturated rings. The van der Waals surface area contributed by atoms with E-state index in [9.17, 15) is 0 Å². The summed E-state index contributed by atoms with van der Waals surface area (Å²) in [6.07, 6.45) is 0. The molecule has 0 N–H and O–H groups in total. The Balaban J connectivity index is 1.09. The Kier molecular flexibility index (Phi) is 7.52. The van der Waals surface area contributed by atoms with Crippen LogP contribution in [0.25, 0.3) is 60.5 Å². The molecule has 1 aliphatic heterocycles. The van der Waals surface area contributed by atoms with Crippen molar-refractivity contribution in [3.05, 3.63) is 253 Å². The molecular formula is C59H38N2O. The van der Waals surface area contributed by atoms with Crippen molar-refractivity contribution in [2.45, 2.75) is 5.41 Å². The summed E-state index contributed by atoms with van der Waals surface area (Å²) in [7, 11) is 0. The van der Waals surface area contributed by atoms with Gasteiger partial charge < -0.3 is 14.2 Å². The monoisotopic (exact) mass is 790 g/mol. The summed E-state index contributed by atoms with van der Waals surface area (Å²) in [5.41, 5.74) is 15.9. The number of para-hydroxylation sites is 4. The first-order valence-corrected chi connectivity index (χ1v) is 21.3. The highest BCUT2D eigenvalue weighted by molar-refractivity contribution is 6.11. The van der Waals surface area contributed by atoms with E-state index in [1.165, 1.54) is 66.0 Å². The molecule has 0 amide bonds. The van der Waals surface area contributed by atoms with Gasteiger partial charge in [-0.15, -0.1) is 0 Å². The van der Waals surface area contributed by atoms with Gasteiger partial charge in [-0.2, -0.15) is 0 Å². The van der Waals surface area contributed by atoms with Crippen LogP contribution >= 0.6 is 0 Å². The summed E-state index contributed by atoms with van der Waals surface area (Å²) in [5.74, 6) is 1.77. The molecule has 0 saturated carbocycles. The van der Waals surface area contributed by atoms with Crippen molar-refractivity contribution in [3.8, 4) is 39.4 Å². The SMILES string of the molecule is c1ccc(-c2ccc(N(c3ccc4c(c3)C3(c5ccccc5Oc5ccccc53)c3ccc5ccccc5c3-4)c3ccc4c(c3)c3ccccc3n4-c3ccccc3)cc2)cc1. The van der Waals surface area contributed by atoms with Gasteiger partial charge in [0.05, 0.1) is 16.4 Å². The maximum Gasteiger partial charge on any atom is 0.132 e. The molecule has 62 heavy (non-hydrogen) atoms. The molecule has 1 aliphatic carbocycles. The van der Waals surface area contributed by atoms with Gasteiger partial charge >= 0.3 is 0 Å². The fourth-order valence-electron chi connectivity index (χ4n) is 10.6. The lowest BCUT2D eigenvalue weighted by Crippen LogP contribution is -2.32. The topological polar surface area (TPSA) is 17.4 Å². The van der Waals surface area contributed by atoms with Crippen LogP contribution in [-0.2, 0) is 5.41 Å². The van der Waals surface area contributed by atoms with Gasteiger partial charge in [0.2, 0.25) is 0 Å². The third kappa shape index (κ3) is 4.94. The second-order valence-electron chi connectivity index (χ2n) is 16.4. The van der Waals surface area contributed by atoms with Crippen LogP contribution in [0.5, 0.6) is 11.5 Å². The number of anilines is 3. The summed E-state index contributed by atoms with van der Waals surface area (Å²) in [4.78, 5) is 2.44. The van der Waals surface area contributed by atoms with Crippen molar-refractivity contribution < 1.29 is 4.74 Å². The van der Waals surface area contributed by atoms with E-state index in [2.05, 4.69) is 240 Å². The van der Waals surface area contributed by atoms with E-state index in [1.54, 1.807) is 0 Å². The number of ether oxygens (including phenoxy) is 1. The Bertz CT molecular complexity index is 3500. The highest BCUT2D eigenvalue weighted by Gasteiger charge is 2.51. The second kappa shape index (κ2) is 13.4. The number of fused-ring (bicyclic) bond motifs is 14. The van der Waals surface area contributed by atoms with Crippen molar-refractivity contribution in [1.82, 2.24) is 4.57 Å². The fourth-order valence-corrected chi connectivity index (χ4v) is 10.6. The molecule has 2 aliphatic rings. The lowest BCUT2D eigenvalue weighted by molar-refractivity contribution is 0.436. The van der Waals surface area contributed by atoms with Crippen LogP contribution < -0.4 is 9.64 Å². The van der Waals surface area contributed by atoms with Crippen molar-refractivity contribution in [1.29, 1.82) is 0 Å². The summed E-state index contributed by atoms with van der Waals surface area (Å²) >= 11 is 0. The van der Waals surface area contributed by atoms with Gasteiger partial charge in [0.15, 0.2) is 0 Å². The summed E-state index contributed by atoms with van der Waals surface area (Å²) < 4.78 is 9.13. The van der Waals surface area contributed by atoms with Crippen LogP contribution in [0.15, 0.2) is 231 Å². The lowest BCUT2D eigenvalue weighted by atomic mass is 9.66. The minimum Gasteiger partial charge on any atom is -0.457 e. The normalized spacial score (nSPS) is 13.1. The third-order valence-electron chi connectivity index (χ3n) is 13.2. The van der Waals surface area contributed by atoms with E-state index in [0.29, 0.717) is 0 Å². The minimum absolute atomic E-state index is 0.619. The summed E-state index contributed by atoms with van der Waals surface area (Å²) in [5, 5.41) is 4.91. The molecule has 0 bridgehead atoms. The largest absolute Gasteiger partial charge is 0.457 e. The van der Waals surface area contributed by atoms with Crippen molar-refractivity contribution >= 4 is 49.6 Å². The average Bonchev–Trinajstić information content (AvgIpc) is 3.83. The molecule has 10 aromatic carbocycles. The zero-order valence-corrected chi connectivity index (χ0v) is 33.7.